The number of aromatic nitrogens is 2. The van der Waals surface area contributed by atoms with E-state index in [9.17, 15) is 9.59 Å². The van der Waals surface area contributed by atoms with E-state index in [0.29, 0.717) is 28.2 Å². The summed E-state index contributed by atoms with van der Waals surface area (Å²) in [6.07, 6.45) is 0. The summed E-state index contributed by atoms with van der Waals surface area (Å²) < 4.78 is 0. The highest BCUT2D eigenvalue weighted by atomic mass is 32.2. The Labute approximate surface area is 114 Å². The van der Waals surface area contributed by atoms with Gasteiger partial charge >= 0.3 is 5.97 Å². The van der Waals surface area contributed by atoms with Gasteiger partial charge in [0.1, 0.15) is 5.82 Å². The highest BCUT2D eigenvalue weighted by molar-refractivity contribution is 7.98. The van der Waals surface area contributed by atoms with E-state index in [0.717, 1.165) is 0 Å². The zero-order valence-electron chi connectivity index (χ0n) is 10.4. The molecule has 0 aliphatic heterocycles. The Morgan fingerprint density at radius 3 is 2.95 bits per heavy atom. The standard InChI is InChI=1S/C13H14N2O3S/c1-8(13(17)18)6-19-7-11-14-10-5-3-2-4-9(10)12(16)15-11/h2-5,8H,6-7H2,1H3,(H,17,18)(H,14,15,16). The molecular formula is C13H14N2O3S. The number of rotatable bonds is 5. The summed E-state index contributed by atoms with van der Waals surface area (Å²) in [4.78, 5) is 29.6. The maximum atomic E-state index is 11.8. The fourth-order valence-corrected chi connectivity index (χ4v) is 2.55. The maximum Gasteiger partial charge on any atom is 0.307 e. The monoisotopic (exact) mass is 278 g/mol. The number of nitrogens with one attached hydrogen (secondary N) is 1. The first-order valence-electron chi connectivity index (χ1n) is 5.86. The van der Waals surface area contributed by atoms with Gasteiger partial charge in [0.2, 0.25) is 0 Å². The van der Waals surface area contributed by atoms with Crippen molar-refractivity contribution < 1.29 is 9.90 Å². The highest BCUT2D eigenvalue weighted by Crippen LogP contribution is 2.14. The lowest BCUT2D eigenvalue weighted by Gasteiger charge is -2.06. The van der Waals surface area contributed by atoms with Crippen molar-refractivity contribution in [2.24, 2.45) is 5.92 Å². The second kappa shape index (κ2) is 5.88. The number of fused-ring (bicyclic) bond motifs is 1. The van der Waals surface area contributed by atoms with Gasteiger partial charge < -0.3 is 10.1 Å². The first kappa shape index (κ1) is 13.6. The number of nitrogens with zero attached hydrogens (tertiary/aromatic N) is 1. The third-order valence-electron chi connectivity index (χ3n) is 2.69. The molecule has 0 radical (unpaired) electrons. The van der Waals surface area contributed by atoms with E-state index in [-0.39, 0.29) is 5.56 Å². The van der Waals surface area contributed by atoms with Gasteiger partial charge in [-0.15, -0.1) is 0 Å². The Balaban J connectivity index is 2.09. The number of benzene rings is 1. The van der Waals surface area contributed by atoms with Crippen LogP contribution in [0.15, 0.2) is 29.1 Å². The minimum Gasteiger partial charge on any atom is -0.481 e. The zero-order valence-corrected chi connectivity index (χ0v) is 11.2. The molecule has 1 atom stereocenters. The van der Waals surface area contributed by atoms with Gasteiger partial charge in [-0.3, -0.25) is 9.59 Å². The van der Waals surface area contributed by atoms with Crippen molar-refractivity contribution >= 4 is 28.6 Å². The predicted octanol–water partition coefficient (Wildman–Crippen LogP) is 1.88. The number of hydrogen-bond donors (Lipinski definition) is 2. The number of carbonyl (C=O) groups is 1. The number of thioether (sulfide) groups is 1. The minimum atomic E-state index is -0.813. The average molecular weight is 278 g/mol. The molecule has 0 fully saturated rings. The number of hydrogen-bond acceptors (Lipinski definition) is 4. The second-order valence-corrected chi connectivity index (χ2v) is 5.31. The van der Waals surface area contributed by atoms with Crippen LogP contribution in [0.1, 0.15) is 12.7 Å². The molecule has 100 valence electrons. The zero-order chi connectivity index (χ0) is 13.8. The van der Waals surface area contributed by atoms with E-state index < -0.39 is 11.9 Å². The van der Waals surface area contributed by atoms with Gasteiger partial charge in [-0.05, 0) is 12.1 Å². The van der Waals surface area contributed by atoms with E-state index in [1.807, 2.05) is 6.07 Å². The van der Waals surface area contributed by atoms with Crippen LogP contribution in [0.4, 0.5) is 0 Å². The van der Waals surface area contributed by atoms with Crippen molar-refractivity contribution in [3.8, 4) is 0 Å². The summed E-state index contributed by atoms with van der Waals surface area (Å²) in [6.45, 7) is 1.66. The molecule has 0 aliphatic rings. The van der Waals surface area contributed by atoms with Gasteiger partial charge in [-0.25, -0.2) is 4.98 Å². The van der Waals surface area contributed by atoms with E-state index in [1.54, 1.807) is 25.1 Å². The molecule has 19 heavy (non-hydrogen) atoms. The minimum absolute atomic E-state index is 0.160. The van der Waals surface area contributed by atoms with E-state index in [1.165, 1.54) is 11.8 Å². The van der Waals surface area contributed by atoms with Gasteiger partial charge in [0, 0.05) is 5.75 Å². The lowest BCUT2D eigenvalue weighted by atomic mass is 10.2. The van der Waals surface area contributed by atoms with E-state index >= 15 is 0 Å². The van der Waals surface area contributed by atoms with Crippen LogP contribution < -0.4 is 5.56 Å². The van der Waals surface area contributed by atoms with Crippen LogP contribution in [0.2, 0.25) is 0 Å². The van der Waals surface area contributed by atoms with Crippen LogP contribution in [-0.2, 0) is 10.5 Å². The third-order valence-corrected chi connectivity index (χ3v) is 3.90. The molecule has 0 saturated carbocycles. The molecule has 2 aromatic rings. The van der Waals surface area contributed by atoms with E-state index in [4.69, 9.17) is 5.11 Å². The largest absolute Gasteiger partial charge is 0.481 e. The molecule has 2 rings (SSSR count). The quantitative estimate of drug-likeness (QED) is 0.872. The first-order chi connectivity index (χ1) is 9.08. The smallest absolute Gasteiger partial charge is 0.307 e. The molecule has 1 aromatic heterocycles. The summed E-state index contributed by atoms with van der Waals surface area (Å²) in [5, 5.41) is 9.34. The van der Waals surface area contributed by atoms with Crippen molar-refractivity contribution in [3.05, 3.63) is 40.4 Å². The molecule has 1 aromatic carbocycles. The number of aliphatic carboxylic acids is 1. The molecule has 0 aliphatic carbocycles. The number of para-hydroxylation sites is 1. The molecule has 0 bridgehead atoms. The molecular weight excluding hydrogens is 264 g/mol. The van der Waals surface area contributed by atoms with Crippen molar-refractivity contribution in [2.45, 2.75) is 12.7 Å². The predicted molar refractivity (Wildman–Crippen MR) is 75.3 cm³/mol. The Morgan fingerprint density at radius 2 is 2.21 bits per heavy atom. The Bertz CT molecular complexity index is 654. The average Bonchev–Trinajstić information content (AvgIpc) is 2.38. The summed E-state index contributed by atoms with van der Waals surface area (Å²) in [6, 6.07) is 7.14. The fraction of sp³-hybridized carbons (Fsp3) is 0.308. The van der Waals surface area contributed by atoms with Gasteiger partial charge in [-0.2, -0.15) is 11.8 Å². The van der Waals surface area contributed by atoms with Crippen LogP contribution in [-0.4, -0.2) is 26.8 Å². The molecule has 0 amide bonds. The van der Waals surface area contributed by atoms with Crippen LogP contribution in [0.25, 0.3) is 10.9 Å². The molecule has 1 unspecified atom stereocenters. The number of carboxylic acids is 1. The SMILES string of the molecule is CC(CSCc1nc2ccccc2c(=O)[nH]1)C(=O)O. The Kier molecular flexibility index (Phi) is 4.21. The lowest BCUT2D eigenvalue weighted by Crippen LogP contribution is -2.13. The normalized spacial score (nSPS) is 12.5. The molecule has 2 N–H and O–H groups in total. The fourth-order valence-electron chi connectivity index (χ4n) is 1.61. The van der Waals surface area contributed by atoms with Crippen LogP contribution in [0.5, 0.6) is 0 Å². The summed E-state index contributed by atoms with van der Waals surface area (Å²) in [5.74, 6) is 0.347. The van der Waals surface area contributed by atoms with E-state index in [2.05, 4.69) is 9.97 Å². The first-order valence-corrected chi connectivity index (χ1v) is 7.02. The molecule has 0 spiro atoms. The summed E-state index contributed by atoms with van der Waals surface area (Å²) in [5.41, 5.74) is 0.501. The topological polar surface area (TPSA) is 83.0 Å². The van der Waals surface area contributed by atoms with Gasteiger partial charge in [-0.1, -0.05) is 19.1 Å². The Morgan fingerprint density at radius 1 is 1.47 bits per heavy atom. The van der Waals surface area contributed by atoms with Crippen LogP contribution >= 0.6 is 11.8 Å². The molecule has 1 heterocycles. The van der Waals surface area contributed by atoms with Gasteiger partial charge in [0.15, 0.2) is 0 Å². The number of H-pyrrole nitrogens is 1. The van der Waals surface area contributed by atoms with Crippen LogP contribution in [0.3, 0.4) is 0 Å². The van der Waals surface area contributed by atoms with Gasteiger partial charge in [0.05, 0.1) is 22.6 Å². The van der Waals surface area contributed by atoms with Gasteiger partial charge in [0.25, 0.3) is 5.56 Å². The second-order valence-electron chi connectivity index (χ2n) is 4.28. The maximum absolute atomic E-state index is 11.8. The van der Waals surface area contributed by atoms with Crippen molar-refractivity contribution in [3.63, 3.8) is 0 Å². The summed E-state index contributed by atoms with van der Waals surface area (Å²) >= 11 is 1.45. The lowest BCUT2D eigenvalue weighted by molar-refractivity contribution is -0.140. The van der Waals surface area contributed by atoms with Crippen molar-refractivity contribution in [1.29, 1.82) is 0 Å². The Hall–Kier alpha value is -1.82. The van der Waals surface area contributed by atoms with Crippen LogP contribution in [0, 0.1) is 5.92 Å². The highest BCUT2D eigenvalue weighted by Gasteiger charge is 2.11. The molecule has 0 saturated heterocycles. The third kappa shape index (κ3) is 3.35. The van der Waals surface area contributed by atoms with Crippen molar-refractivity contribution in [1.82, 2.24) is 9.97 Å². The number of aromatic amines is 1. The summed E-state index contributed by atoms with van der Waals surface area (Å²) in [7, 11) is 0. The van der Waals surface area contributed by atoms with Crippen molar-refractivity contribution in [2.75, 3.05) is 5.75 Å². The molecule has 5 nitrogen and oxygen atoms in total. The molecule has 6 heteroatoms. The number of carboxylic acid groups (broad SMARTS) is 1.